The van der Waals surface area contributed by atoms with Gasteiger partial charge in [-0.25, -0.2) is 9.37 Å². The molecule has 0 saturated carbocycles. The molecule has 152 valence electrons. The maximum atomic E-state index is 13.9. The Morgan fingerprint density at radius 1 is 1.45 bits per heavy atom. The van der Waals surface area contributed by atoms with Gasteiger partial charge in [0.05, 0.1) is 5.69 Å². The van der Waals surface area contributed by atoms with E-state index >= 15 is 0 Å². The highest BCUT2D eigenvalue weighted by Crippen LogP contribution is 2.29. The third-order valence-corrected chi connectivity index (χ3v) is 6.41. The summed E-state index contributed by atoms with van der Waals surface area (Å²) in [6.07, 6.45) is 3.60. The summed E-state index contributed by atoms with van der Waals surface area (Å²) < 4.78 is 16.1. The molecule has 1 aliphatic heterocycles. The summed E-state index contributed by atoms with van der Waals surface area (Å²) in [5, 5.41) is 3.27. The zero-order valence-electron chi connectivity index (χ0n) is 15.7. The minimum Gasteiger partial charge on any atom is -0.348 e. The predicted octanol–water partition coefficient (Wildman–Crippen LogP) is 3.63. The molecule has 2 aromatic heterocycles. The number of anilines is 2. The number of halogens is 2. The summed E-state index contributed by atoms with van der Waals surface area (Å²) in [7, 11) is 0. The van der Waals surface area contributed by atoms with Crippen molar-refractivity contribution in [2.24, 2.45) is 5.92 Å². The highest BCUT2D eigenvalue weighted by molar-refractivity contribution is 9.10. The van der Waals surface area contributed by atoms with E-state index in [2.05, 4.69) is 43.0 Å². The molecule has 1 atom stereocenters. The summed E-state index contributed by atoms with van der Waals surface area (Å²) in [6, 6.07) is 4.34. The molecular weight excluding hydrogens is 461 g/mol. The van der Waals surface area contributed by atoms with Crippen molar-refractivity contribution in [2.45, 2.75) is 26.3 Å². The average molecular weight is 480 g/mol. The van der Waals surface area contributed by atoms with E-state index in [1.54, 1.807) is 6.07 Å². The van der Waals surface area contributed by atoms with Crippen molar-refractivity contribution in [3.63, 3.8) is 0 Å². The van der Waals surface area contributed by atoms with Gasteiger partial charge in [-0.05, 0) is 37.0 Å². The maximum Gasteiger partial charge on any atom is 0.273 e. The van der Waals surface area contributed by atoms with Crippen LogP contribution < -0.4 is 15.8 Å². The first-order valence-electron chi connectivity index (χ1n) is 9.26. The Kier molecular flexibility index (Phi) is 5.64. The largest absolute Gasteiger partial charge is 0.348 e. The molecule has 1 saturated heterocycles. The molecule has 7 nitrogen and oxygen atoms in total. The molecule has 1 N–H and O–H groups in total. The third-order valence-electron chi connectivity index (χ3n) is 4.82. The Labute approximate surface area is 178 Å². The minimum atomic E-state index is -0.559. The molecule has 4 rings (SSSR count). The van der Waals surface area contributed by atoms with Gasteiger partial charge in [-0.3, -0.25) is 14.2 Å². The number of amides is 1. The second-order valence-corrected chi connectivity index (χ2v) is 9.09. The first kappa shape index (κ1) is 20.0. The number of hydrogen-bond acceptors (Lipinski definition) is 6. The van der Waals surface area contributed by atoms with Gasteiger partial charge in [0.25, 0.3) is 5.56 Å². The summed E-state index contributed by atoms with van der Waals surface area (Å²) >= 11 is 4.47. The van der Waals surface area contributed by atoms with Crippen LogP contribution in [0.3, 0.4) is 0 Å². The van der Waals surface area contributed by atoms with Crippen molar-refractivity contribution in [1.29, 1.82) is 0 Å². The number of hydrogen-bond donors (Lipinski definition) is 1. The predicted molar refractivity (Wildman–Crippen MR) is 115 cm³/mol. The second kappa shape index (κ2) is 8.19. The lowest BCUT2D eigenvalue weighted by Gasteiger charge is -2.30. The number of benzene rings is 1. The monoisotopic (exact) mass is 479 g/mol. The third kappa shape index (κ3) is 4.32. The van der Waals surface area contributed by atoms with Crippen molar-refractivity contribution in [3.8, 4) is 0 Å². The van der Waals surface area contributed by atoms with Crippen LogP contribution in [0.1, 0.15) is 19.8 Å². The van der Waals surface area contributed by atoms with Crippen LogP contribution in [-0.4, -0.2) is 33.5 Å². The minimum absolute atomic E-state index is 0.0552. The van der Waals surface area contributed by atoms with E-state index in [0.717, 1.165) is 24.6 Å². The van der Waals surface area contributed by atoms with E-state index in [0.29, 0.717) is 20.7 Å². The van der Waals surface area contributed by atoms with Crippen molar-refractivity contribution in [2.75, 3.05) is 23.3 Å². The van der Waals surface area contributed by atoms with E-state index in [9.17, 15) is 14.0 Å². The Bertz CT molecular complexity index is 1130. The highest BCUT2D eigenvalue weighted by atomic mass is 79.9. The normalized spacial score (nSPS) is 16.9. The fourth-order valence-electron chi connectivity index (χ4n) is 3.38. The average Bonchev–Trinajstić information content (AvgIpc) is 3.12. The quantitative estimate of drug-likeness (QED) is 0.617. The molecule has 1 amide bonds. The van der Waals surface area contributed by atoms with Gasteiger partial charge in [0, 0.05) is 17.6 Å². The number of aromatic nitrogens is 3. The lowest BCUT2D eigenvalue weighted by molar-refractivity contribution is -0.116. The summed E-state index contributed by atoms with van der Waals surface area (Å²) in [4.78, 5) is 36.0. The fraction of sp³-hybridized carbons (Fsp3) is 0.368. The van der Waals surface area contributed by atoms with Crippen LogP contribution in [0.15, 0.2) is 33.8 Å². The first-order valence-corrected chi connectivity index (χ1v) is 10.9. The van der Waals surface area contributed by atoms with Gasteiger partial charge in [-0.2, -0.15) is 4.98 Å². The van der Waals surface area contributed by atoms with E-state index < -0.39 is 11.7 Å². The second-order valence-electron chi connectivity index (χ2n) is 7.19. The molecule has 0 spiro atoms. The SMILES string of the molecule is CC1CCCN(c2nc3ncn(CC(=O)Nc4ccc(Br)cc4F)c(=O)c3s2)C1. The van der Waals surface area contributed by atoms with E-state index in [1.165, 1.54) is 40.8 Å². The van der Waals surface area contributed by atoms with Gasteiger partial charge in [0.2, 0.25) is 5.91 Å². The van der Waals surface area contributed by atoms with Crippen molar-refractivity contribution in [1.82, 2.24) is 14.5 Å². The lowest BCUT2D eigenvalue weighted by Crippen LogP contribution is -2.34. The molecule has 0 aliphatic carbocycles. The van der Waals surface area contributed by atoms with Gasteiger partial charge >= 0.3 is 0 Å². The van der Waals surface area contributed by atoms with Crippen LogP contribution in [0.4, 0.5) is 15.2 Å². The van der Waals surface area contributed by atoms with Gasteiger partial charge in [-0.15, -0.1) is 0 Å². The number of fused-ring (bicyclic) bond motifs is 1. The zero-order chi connectivity index (χ0) is 20.5. The van der Waals surface area contributed by atoms with Gasteiger partial charge < -0.3 is 10.2 Å². The van der Waals surface area contributed by atoms with Gasteiger partial charge in [0.1, 0.15) is 23.4 Å². The molecule has 3 heterocycles. The Balaban J connectivity index is 1.54. The zero-order valence-corrected chi connectivity index (χ0v) is 18.1. The number of rotatable bonds is 4. The topological polar surface area (TPSA) is 80.1 Å². The van der Waals surface area contributed by atoms with E-state index in [1.807, 2.05) is 0 Å². The molecule has 29 heavy (non-hydrogen) atoms. The van der Waals surface area contributed by atoms with E-state index in [-0.39, 0.29) is 17.8 Å². The molecule has 1 aliphatic rings. The number of piperidine rings is 1. The van der Waals surface area contributed by atoms with Crippen LogP contribution in [0.5, 0.6) is 0 Å². The first-order chi connectivity index (χ1) is 13.9. The Morgan fingerprint density at radius 3 is 3.03 bits per heavy atom. The van der Waals surface area contributed by atoms with Crippen LogP contribution in [0.2, 0.25) is 0 Å². The Hall–Kier alpha value is -2.33. The van der Waals surface area contributed by atoms with Crippen LogP contribution >= 0.6 is 27.3 Å². The fourth-order valence-corrected chi connectivity index (χ4v) is 4.72. The summed E-state index contributed by atoms with van der Waals surface area (Å²) in [5.74, 6) is -0.483. The molecule has 1 unspecified atom stereocenters. The van der Waals surface area contributed by atoms with Crippen molar-refractivity contribution >= 4 is 54.3 Å². The Morgan fingerprint density at radius 2 is 2.28 bits per heavy atom. The highest BCUT2D eigenvalue weighted by Gasteiger charge is 2.21. The number of nitrogens with one attached hydrogen (secondary N) is 1. The smallest absolute Gasteiger partial charge is 0.273 e. The summed E-state index contributed by atoms with van der Waals surface area (Å²) in [6.45, 7) is 3.78. The van der Waals surface area contributed by atoms with Gasteiger partial charge in [-0.1, -0.05) is 34.2 Å². The molecule has 3 aromatic rings. The van der Waals surface area contributed by atoms with E-state index in [4.69, 9.17) is 0 Å². The molecule has 0 radical (unpaired) electrons. The molecular formula is C19H19BrFN5O2S. The molecule has 0 bridgehead atoms. The number of thiazole rings is 1. The molecule has 10 heteroatoms. The van der Waals surface area contributed by atoms with Crippen LogP contribution in [-0.2, 0) is 11.3 Å². The van der Waals surface area contributed by atoms with Crippen LogP contribution in [0.25, 0.3) is 10.3 Å². The maximum absolute atomic E-state index is 13.9. The lowest BCUT2D eigenvalue weighted by atomic mass is 10.0. The summed E-state index contributed by atoms with van der Waals surface area (Å²) in [5.41, 5.74) is 0.124. The standard InChI is InChI=1S/C19H19BrFN5O2S/c1-11-3-2-6-25(8-11)19-24-17-16(29-19)18(28)26(10-22-17)9-15(27)23-14-5-4-12(20)7-13(14)21/h4-5,7,10-11H,2-3,6,8-9H2,1H3,(H,23,27). The van der Waals surface area contributed by atoms with Crippen molar-refractivity contribution in [3.05, 3.63) is 45.2 Å². The van der Waals surface area contributed by atoms with Gasteiger partial charge in [0.15, 0.2) is 10.8 Å². The van der Waals surface area contributed by atoms with Crippen molar-refractivity contribution < 1.29 is 9.18 Å². The van der Waals surface area contributed by atoms with Crippen LogP contribution in [0, 0.1) is 11.7 Å². The molecule has 1 fully saturated rings. The molecule has 1 aromatic carbocycles. The number of nitrogens with zero attached hydrogens (tertiary/aromatic N) is 4. The number of carbonyl (C=O) groups is 1. The number of carbonyl (C=O) groups excluding carboxylic acids is 1.